The van der Waals surface area contributed by atoms with Crippen LogP contribution in [0.3, 0.4) is 0 Å². The molecule has 7 N–H and O–H groups in total. The summed E-state index contributed by atoms with van der Waals surface area (Å²) in [6.45, 7) is 0. The lowest BCUT2D eigenvalue weighted by Crippen LogP contribution is -2.02. The minimum absolute atomic E-state index is 0.0722. The summed E-state index contributed by atoms with van der Waals surface area (Å²) in [5.41, 5.74) is 10.8. The molecular weight excluding hydrogens is 268 g/mol. The number of nitrogen functional groups attached to an aromatic ring is 2. The predicted molar refractivity (Wildman–Crippen MR) is 71.4 cm³/mol. The summed E-state index contributed by atoms with van der Waals surface area (Å²) in [6, 6.07) is 6.76. The lowest BCUT2D eigenvalue weighted by molar-refractivity contribution is 0.453. The maximum Gasteiger partial charge on any atom is 0.157 e. The van der Waals surface area contributed by atoms with Crippen LogP contribution < -0.4 is 11.5 Å². The highest BCUT2D eigenvalue weighted by Gasteiger charge is 2.21. The number of hydrogen-bond donors (Lipinski definition) is 5. The highest BCUT2D eigenvalue weighted by atomic mass is 32.2. The van der Waals surface area contributed by atoms with E-state index in [9.17, 15) is 19.5 Å². The van der Waals surface area contributed by atoms with E-state index in [1.807, 2.05) is 0 Å². The van der Waals surface area contributed by atoms with Crippen LogP contribution in [0.25, 0.3) is 0 Å². The number of anilines is 2. The number of nitrogens with two attached hydrogens (primary N) is 2. The molecule has 2 aromatic carbocycles. The first-order valence-corrected chi connectivity index (χ1v) is 6.37. The maximum atomic E-state index is 12.3. The van der Waals surface area contributed by atoms with E-state index in [1.165, 1.54) is 24.3 Å². The van der Waals surface area contributed by atoms with Gasteiger partial charge in [0.25, 0.3) is 0 Å². The highest BCUT2D eigenvalue weighted by molar-refractivity contribution is 7.85. The smallest absolute Gasteiger partial charge is 0.157 e. The number of rotatable bonds is 2. The summed E-state index contributed by atoms with van der Waals surface area (Å²) < 4.78 is 12.3. The molecule has 0 bridgehead atoms. The Bertz CT molecular complexity index is 647. The molecule has 19 heavy (non-hydrogen) atoms. The Kier molecular flexibility index (Phi) is 3.22. The number of phenolic OH excluding ortho intramolecular Hbond substituents is 3. The van der Waals surface area contributed by atoms with Crippen LogP contribution in [-0.2, 0) is 10.8 Å². The van der Waals surface area contributed by atoms with Crippen molar-refractivity contribution in [2.75, 3.05) is 11.5 Å². The monoisotopic (exact) mass is 280 g/mol. The van der Waals surface area contributed by atoms with Crippen LogP contribution in [-0.4, -0.2) is 19.5 Å². The van der Waals surface area contributed by atoms with Crippen molar-refractivity contribution in [1.82, 2.24) is 0 Å². The van der Waals surface area contributed by atoms with Crippen molar-refractivity contribution in [3.05, 3.63) is 30.3 Å². The fraction of sp³-hybridized carbons (Fsp3) is 0. The lowest BCUT2D eigenvalue weighted by atomic mass is 10.2. The van der Waals surface area contributed by atoms with Crippen molar-refractivity contribution < 1.29 is 19.5 Å². The standard InChI is InChI=1S/C12H12N2O4S/c13-8-5-9(16)10(14)12(11(8)17)19(18)7-3-1-2-6(15)4-7/h1-5,15-17H,13-14H2. The predicted octanol–water partition coefficient (Wildman–Crippen LogP) is 1.13. The second-order valence-electron chi connectivity index (χ2n) is 3.84. The fourth-order valence-corrected chi connectivity index (χ4v) is 2.84. The summed E-state index contributed by atoms with van der Waals surface area (Å²) in [6.07, 6.45) is 0. The van der Waals surface area contributed by atoms with E-state index in [0.717, 1.165) is 6.07 Å². The number of benzene rings is 2. The Morgan fingerprint density at radius 3 is 2.37 bits per heavy atom. The fourth-order valence-electron chi connectivity index (χ4n) is 1.57. The zero-order valence-corrected chi connectivity index (χ0v) is 10.5. The van der Waals surface area contributed by atoms with E-state index in [0.29, 0.717) is 0 Å². The zero-order chi connectivity index (χ0) is 14.2. The van der Waals surface area contributed by atoms with Gasteiger partial charge in [0, 0.05) is 11.0 Å². The van der Waals surface area contributed by atoms with Gasteiger partial charge in [0.1, 0.15) is 16.4 Å². The van der Waals surface area contributed by atoms with Gasteiger partial charge in [-0.05, 0) is 18.2 Å². The summed E-state index contributed by atoms with van der Waals surface area (Å²) in [7, 11) is -1.88. The molecule has 0 radical (unpaired) electrons. The molecule has 1 atom stereocenters. The lowest BCUT2D eigenvalue weighted by Gasteiger charge is -2.11. The molecular formula is C12H12N2O4S. The molecule has 2 rings (SSSR count). The van der Waals surface area contributed by atoms with Crippen LogP contribution in [0.2, 0.25) is 0 Å². The van der Waals surface area contributed by atoms with E-state index in [4.69, 9.17) is 11.5 Å². The quantitative estimate of drug-likeness (QED) is 0.318. The van der Waals surface area contributed by atoms with Gasteiger partial charge in [0.2, 0.25) is 0 Å². The molecule has 0 aromatic heterocycles. The highest BCUT2D eigenvalue weighted by Crippen LogP contribution is 2.41. The van der Waals surface area contributed by atoms with Gasteiger partial charge in [-0.25, -0.2) is 4.21 Å². The van der Waals surface area contributed by atoms with Gasteiger partial charge in [-0.15, -0.1) is 0 Å². The first-order valence-electron chi connectivity index (χ1n) is 5.22. The van der Waals surface area contributed by atoms with Gasteiger partial charge in [-0.2, -0.15) is 0 Å². The van der Waals surface area contributed by atoms with Crippen molar-refractivity contribution in [3.8, 4) is 17.2 Å². The first-order chi connectivity index (χ1) is 8.91. The summed E-state index contributed by atoms with van der Waals surface area (Å²) in [5, 5.41) is 28.7. The Morgan fingerprint density at radius 2 is 1.74 bits per heavy atom. The van der Waals surface area contributed by atoms with Crippen molar-refractivity contribution >= 4 is 22.2 Å². The van der Waals surface area contributed by atoms with Crippen LogP contribution in [0.5, 0.6) is 17.2 Å². The Balaban J connectivity index is 2.62. The molecule has 0 spiro atoms. The molecule has 0 aliphatic carbocycles. The molecule has 0 saturated carbocycles. The van der Waals surface area contributed by atoms with Crippen LogP contribution in [0, 0.1) is 0 Å². The van der Waals surface area contributed by atoms with E-state index in [2.05, 4.69) is 0 Å². The number of hydrogen-bond acceptors (Lipinski definition) is 6. The summed E-state index contributed by atoms with van der Waals surface area (Å²) in [5.74, 6) is -0.882. The van der Waals surface area contributed by atoms with E-state index < -0.39 is 16.5 Å². The number of aromatic hydroxyl groups is 3. The molecule has 100 valence electrons. The van der Waals surface area contributed by atoms with Crippen molar-refractivity contribution in [3.63, 3.8) is 0 Å². The molecule has 0 aliphatic rings. The molecule has 0 fully saturated rings. The zero-order valence-electron chi connectivity index (χ0n) is 9.70. The van der Waals surface area contributed by atoms with Crippen molar-refractivity contribution in [2.45, 2.75) is 9.79 Å². The average molecular weight is 280 g/mol. The Labute approximate surface area is 111 Å². The average Bonchev–Trinajstić information content (AvgIpc) is 2.36. The molecule has 0 heterocycles. The minimum atomic E-state index is -1.88. The largest absolute Gasteiger partial charge is 0.508 e. The molecule has 6 nitrogen and oxygen atoms in total. The maximum absolute atomic E-state index is 12.3. The molecule has 2 aromatic rings. The second kappa shape index (κ2) is 4.69. The molecule has 0 amide bonds. The first kappa shape index (κ1) is 13.0. The molecule has 0 aliphatic heterocycles. The van der Waals surface area contributed by atoms with Crippen LogP contribution >= 0.6 is 0 Å². The van der Waals surface area contributed by atoms with Gasteiger partial charge in [-0.1, -0.05) is 6.07 Å². The van der Waals surface area contributed by atoms with E-state index in [1.54, 1.807) is 0 Å². The van der Waals surface area contributed by atoms with Gasteiger partial charge < -0.3 is 26.8 Å². The third-order valence-electron chi connectivity index (χ3n) is 2.52. The third kappa shape index (κ3) is 2.27. The second-order valence-corrected chi connectivity index (χ2v) is 5.26. The SMILES string of the molecule is Nc1cc(O)c(N)c(S(=O)c2cccc(O)c2)c1O. The minimum Gasteiger partial charge on any atom is -0.508 e. The van der Waals surface area contributed by atoms with Crippen molar-refractivity contribution in [2.24, 2.45) is 0 Å². The van der Waals surface area contributed by atoms with Gasteiger partial charge >= 0.3 is 0 Å². The molecule has 0 saturated heterocycles. The topological polar surface area (TPSA) is 130 Å². The summed E-state index contributed by atoms with van der Waals surface area (Å²) >= 11 is 0. The van der Waals surface area contributed by atoms with Crippen LogP contribution in [0.15, 0.2) is 40.1 Å². The molecule has 7 heteroatoms. The van der Waals surface area contributed by atoms with Gasteiger partial charge in [0.15, 0.2) is 5.75 Å². The third-order valence-corrected chi connectivity index (χ3v) is 3.98. The van der Waals surface area contributed by atoms with Gasteiger partial charge in [-0.3, -0.25) is 0 Å². The Hall–Kier alpha value is -2.41. The number of phenols is 3. The van der Waals surface area contributed by atoms with Gasteiger partial charge in [0.05, 0.1) is 22.2 Å². The van der Waals surface area contributed by atoms with E-state index in [-0.39, 0.29) is 32.7 Å². The molecule has 1 unspecified atom stereocenters. The summed E-state index contributed by atoms with van der Waals surface area (Å²) in [4.78, 5) is 0.0510. The van der Waals surface area contributed by atoms with Crippen LogP contribution in [0.4, 0.5) is 11.4 Å². The van der Waals surface area contributed by atoms with Crippen molar-refractivity contribution in [1.29, 1.82) is 0 Å². The normalized spacial score (nSPS) is 12.2. The van der Waals surface area contributed by atoms with E-state index >= 15 is 0 Å². The Morgan fingerprint density at radius 1 is 1.05 bits per heavy atom. The van der Waals surface area contributed by atoms with Crippen LogP contribution in [0.1, 0.15) is 0 Å².